The molecular formula is C9H17NO2. The van der Waals surface area contributed by atoms with Gasteiger partial charge in [0.15, 0.2) is 0 Å². The van der Waals surface area contributed by atoms with Gasteiger partial charge in [0, 0.05) is 12.0 Å². The molecule has 3 nitrogen and oxygen atoms in total. The monoisotopic (exact) mass is 171 g/mol. The lowest BCUT2D eigenvalue weighted by Crippen LogP contribution is -2.36. The first-order valence-electron chi connectivity index (χ1n) is 4.58. The first-order valence-corrected chi connectivity index (χ1v) is 4.58. The molecule has 0 aliphatic carbocycles. The van der Waals surface area contributed by atoms with Crippen LogP contribution in [0.4, 0.5) is 0 Å². The van der Waals surface area contributed by atoms with Gasteiger partial charge in [-0.3, -0.25) is 5.32 Å². The van der Waals surface area contributed by atoms with Gasteiger partial charge in [-0.1, -0.05) is 20.3 Å². The van der Waals surface area contributed by atoms with E-state index in [0.717, 1.165) is 12.7 Å². The molecule has 70 valence electrons. The molecule has 2 N–H and O–H groups in total. The molecule has 1 rings (SSSR count). The molecule has 1 aliphatic heterocycles. The lowest BCUT2D eigenvalue weighted by atomic mass is 9.90. The Morgan fingerprint density at radius 2 is 2.42 bits per heavy atom. The summed E-state index contributed by atoms with van der Waals surface area (Å²) in [4.78, 5) is 10.6. The van der Waals surface area contributed by atoms with Crippen molar-refractivity contribution in [3.63, 3.8) is 0 Å². The number of carbonyl (C=O) groups is 1. The first kappa shape index (κ1) is 9.68. The van der Waals surface area contributed by atoms with Crippen LogP contribution in [0.3, 0.4) is 0 Å². The molecule has 1 fully saturated rings. The smallest absolute Gasteiger partial charge is 0.124 e. The number of nitrogens with one attached hydrogen (secondary N) is 1. The molecular weight excluding hydrogens is 154 g/mol. The molecule has 0 bridgehead atoms. The van der Waals surface area contributed by atoms with E-state index in [-0.39, 0.29) is 12.0 Å². The molecule has 0 saturated carbocycles. The summed E-state index contributed by atoms with van der Waals surface area (Å²) in [5.41, 5.74) is 0. The second-order valence-corrected chi connectivity index (χ2v) is 3.63. The molecule has 1 heterocycles. The maximum Gasteiger partial charge on any atom is 0.124 e. The van der Waals surface area contributed by atoms with Gasteiger partial charge in [-0.2, -0.15) is 0 Å². The molecule has 4 unspecified atom stereocenters. The normalized spacial score (nSPS) is 38.1. The van der Waals surface area contributed by atoms with Crippen LogP contribution in [0.15, 0.2) is 0 Å². The van der Waals surface area contributed by atoms with Gasteiger partial charge in [0.05, 0.1) is 0 Å². The fraction of sp³-hybridized carbons (Fsp3) is 0.889. The van der Waals surface area contributed by atoms with Gasteiger partial charge in [-0.15, -0.1) is 0 Å². The highest BCUT2D eigenvalue weighted by Crippen LogP contribution is 2.24. The van der Waals surface area contributed by atoms with Crippen LogP contribution in [-0.2, 0) is 4.79 Å². The number of rotatable bonds is 3. The van der Waals surface area contributed by atoms with Crippen LogP contribution in [0.5, 0.6) is 0 Å². The van der Waals surface area contributed by atoms with Crippen LogP contribution in [0.2, 0.25) is 0 Å². The van der Waals surface area contributed by atoms with Crippen molar-refractivity contribution < 1.29 is 9.90 Å². The zero-order valence-corrected chi connectivity index (χ0v) is 7.66. The largest absolute Gasteiger partial charge is 0.379 e. The summed E-state index contributed by atoms with van der Waals surface area (Å²) in [6.07, 6.45) is 2.08. The number of aliphatic hydroxyl groups excluding tert-OH is 1. The Labute approximate surface area is 73.2 Å². The molecule has 12 heavy (non-hydrogen) atoms. The second kappa shape index (κ2) is 4.01. The lowest BCUT2D eigenvalue weighted by molar-refractivity contribution is -0.111. The number of aliphatic hydroxyl groups is 1. The van der Waals surface area contributed by atoms with Gasteiger partial charge in [0.2, 0.25) is 0 Å². The molecule has 0 radical (unpaired) electrons. The van der Waals surface area contributed by atoms with Gasteiger partial charge in [0.1, 0.15) is 12.5 Å². The Balaban J connectivity index is 2.56. The van der Waals surface area contributed by atoms with Crippen molar-refractivity contribution in [3.8, 4) is 0 Å². The molecule has 0 aromatic rings. The molecule has 0 amide bonds. The summed E-state index contributed by atoms with van der Waals surface area (Å²) in [5, 5.41) is 12.3. The highest BCUT2D eigenvalue weighted by atomic mass is 16.3. The van der Waals surface area contributed by atoms with Crippen molar-refractivity contribution in [1.29, 1.82) is 0 Å². The average Bonchev–Trinajstić information content (AvgIpc) is 2.45. The number of carbonyl (C=O) groups excluding carboxylic acids is 1. The second-order valence-electron chi connectivity index (χ2n) is 3.63. The summed E-state index contributed by atoms with van der Waals surface area (Å²) in [7, 11) is 0. The molecule has 0 aromatic heterocycles. The van der Waals surface area contributed by atoms with E-state index in [1.807, 2.05) is 0 Å². The summed E-state index contributed by atoms with van der Waals surface area (Å²) < 4.78 is 0. The quantitative estimate of drug-likeness (QED) is 0.609. The van der Waals surface area contributed by atoms with Gasteiger partial charge in [-0.25, -0.2) is 0 Å². The van der Waals surface area contributed by atoms with Crippen LogP contribution in [0.1, 0.15) is 26.7 Å². The van der Waals surface area contributed by atoms with E-state index in [4.69, 9.17) is 0 Å². The average molecular weight is 171 g/mol. The summed E-state index contributed by atoms with van der Waals surface area (Å²) in [6, 6.07) is 0.169. The molecule has 3 heteroatoms. The maximum atomic E-state index is 10.6. The summed E-state index contributed by atoms with van der Waals surface area (Å²) >= 11 is 0. The highest BCUT2D eigenvalue weighted by Gasteiger charge is 2.34. The lowest BCUT2D eigenvalue weighted by Gasteiger charge is -2.21. The highest BCUT2D eigenvalue weighted by molar-refractivity contribution is 5.55. The van der Waals surface area contributed by atoms with Gasteiger partial charge in [-0.05, 0) is 12.3 Å². The molecule has 0 spiro atoms. The topological polar surface area (TPSA) is 49.3 Å². The van der Waals surface area contributed by atoms with Crippen molar-refractivity contribution in [2.75, 3.05) is 0 Å². The number of aldehydes is 1. The van der Waals surface area contributed by atoms with E-state index in [1.54, 1.807) is 0 Å². The molecule has 1 aliphatic rings. The van der Waals surface area contributed by atoms with E-state index in [9.17, 15) is 9.90 Å². The third-order valence-electron chi connectivity index (χ3n) is 2.77. The van der Waals surface area contributed by atoms with E-state index >= 15 is 0 Å². The van der Waals surface area contributed by atoms with E-state index in [2.05, 4.69) is 19.2 Å². The third-order valence-corrected chi connectivity index (χ3v) is 2.77. The Morgan fingerprint density at radius 3 is 2.92 bits per heavy atom. The zero-order valence-electron chi connectivity index (χ0n) is 7.66. The minimum absolute atomic E-state index is 0.00468. The number of hydrogen-bond donors (Lipinski definition) is 2. The predicted molar refractivity (Wildman–Crippen MR) is 46.6 cm³/mol. The van der Waals surface area contributed by atoms with E-state index in [0.29, 0.717) is 12.3 Å². The van der Waals surface area contributed by atoms with Gasteiger partial charge in [0.25, 0.3) is 0 Å². The van der Waals surface area contributed by atoms with Crippen molar-refractivity contribution >= 4 is 6.29 Å². The summed E-state index contributed by atoms with van der Waals surface area (Å²) in [5.74, 6) is 0.451. The first-order chi connectivity index (χ1) is 5.69. The number of hydrogen-bond acceptors (Lipinski definition) is 3. The third kappa shape index (κ3) is 1.84. The Hall–Kier alpha value is -0.410. The van der Waals surface area contributed by atoms with Gasteiger partial charge >= 0.3 is 0 Å². The molecule has 0 aromatic carbocycles. The molecule has 4 atom stereocenters. The fourth-order valence-corrected chi connectivity index (χ4v) is 1.80. The van der Waals surface area contributed by atoms with Crippen LogP contribution in [-0.4, -0.2) is 23.7 Å². The minimum atomic E-state index is -0.487. The van der Waals surface area contributed by atoms with E-state index in [1.165, 1.54) is 0 Å². The maximum absolute atomic E-state index is 10.6. The van der Waals surface area contributed by atoms with Crippen LogP contribution in [0, 0.1) is 11.8 Å². The zero-order chi connectivity index (χ0) is 9.14. The van der Waals surface area contributed by atoms with E-state index < -0.39 is 6.23 Å². The fourth-order valence-electron chi connectivity index (χ4n) is 1.80. The standard InChI is InChI=1S/C9H17NO2/c1-3-6(2)9-7(5-11)4-8(12)10-9/h5-10,12H,3-4H2,1-2H3. The van der Waals surface area contributed by atoms with Crippen molar-refractivity contribution in [3.05, 3.63) is 0 Å². The van der Waals surface area contributed by atoms with Crippen molar-refractivity contribution in [2.45, 2.75) is 39.0 Å². The minimum Gasteiger partial charge on any atom is -0.379 e. The predicted octanol–water partition coefficient (Wildman–Crippen LogP) is 0.528. The Bertz CT molecular complexity index is 161. The Morgan fingerprint density at radius 1 is 1.75 bits per heavy atom. The van der Waals surface area contributed by atoms with Gasteiger partial charge < -0.3 is 9.90 Å². The van der Waals surface area contributed by atoms with Crippen molar-refractivity contribution in [2.24, 2.45) is 11.8 Å². The Kier molecular flexibility index (Phi) is 3.23. The van der Waals surface area contributed by atoms with Crippen molar-refractivity contribution in [1.82, 2.24) is 5.32 Å². The summed E-state index contributed by atoms with van der Waals surface area (Å²) in [6.45, 7) is 4.20. The SMILES string of the molecule is CCC(C)C1NC(O)CC1C=O. The van der Waals surface area contributed by atoms with Crippen LogP contribution < -0.4 is 5.32 Å². The van der Waals surface area contributed by atoms with Crippen LogP contribution >= 0.6 is 0 Å². The molecule has 1 saturated heterocycles. The van der Waals surface area contributed by atoms with Crippen LogP contribution in [0.25, 0.3) is 0 Å².